The molecule has 28 heavy (non-hydrogen) atoms. The van der Waals surface area contributed by atoms with E-state index in [2.05, 4.69) is 15.6 Å². The van der Waals surface area contributed by atoms with E-state index in [0.29, 0.717) is 31.1 Å². The molecule has 150 valence electrons. The first-order valence-corrected chi connectivity index (χ1v) is 10.2. The summed E-state index contributed by atoms with van der Waals surface area (Å²) in [5.41, 5.74) is 1.90. The number of carbonyl (C=O) groups is 2. The maximum atomic E-state index is 12.5. The van der Waals surface area contributed by atoms with Crippen molar-refractivity contribution in [1.29, 1.82) is 0 Å². The van der Waals surface area contributed by atoms with Crippen LogP contribution in [-0.2, 0) is 19.4 Å². The second-order valence-corrected chi connectivity index (χ2v) is 8.10. The van der Waals surface area contributed by atoms with Gasteiger partial charge < -0.3 is 20.3 Å². The van der Waals surface area contributed by atoms with Crippen molar-refractivity contribution in [1.82, 2.24) is 20.5 Å². The number of hydrogen-bond acceptors (Lipinski definition) is 5. The summed E-state index contributed by atoms with van der Waals surface area (Å²) in [7, 11) is 1.62. The summed E-state index contributed by atoms with van der Waals surface area (Å²) in [5.74, 6) is 0.592. The Hall–Kier alpha value is -2.61. The smallest absolute Gasteiger partial charge is 0.317 e. The molecule has 0 bridgehead atoms. The van der Waals surface area contributed by atoms with Crippen LogP contribution in [0.5, 0.6) is 5.75 Å². The maximum absolute atomic E-state index is 12.5. The molecule has 1 aromatic heterocycles. The highest BCUT2D eigenvalue weighted by molar-refractivity contribution is 7.13. The molecule has 0 spiro atoms. The molecule has 2 N–H and O–H groups in total. The molecule has 3 amide bonds. The molecule has 0 aliphatic carbocycles. The van der Waals surface area contributed by atoms with Crippen LogP contribution in [0.4, 0.5) is 4.79 Å². The molecular formula is C20H26N4O3S. The molecule has 8 heteroatoms. The topological polar surface area (TPSA) is 83.6 Å². The van der Waals surface area contributed by atoms with Gasteiger partial charge in [0.05, 0.1) is 12.8 Å². The van der Waals surface area contributed by atoms with E-state index < -0.39 is 0 Å². The third-order valence-electron chi connectivity index (χ3n) is 4.49. The highest BCUT2D eigenvalue weighted by Gasteiger charge is 2.23. The predicted octanol–water partition coefficient (Wildman–Crippen LogP) is 2.60. The van der Waals surface area contributed by atoms with Gasteiger partial charge in [-0.3, -0.25) is 4.79 Å². The lowest BCUT2D eigenvalue weighted by atomic mass is 10.2. The highest BCUT2D eigenvalue weighted by atomic mass is 32.1. The van der Waals surface area contributed by atoms with Gasteiger partial charge in [-0.2, -0.15) is 0 Å². The zero-order chi connectivity index (χ0) is 20.1. The fourth-order valence-electron chi connectivity index (χ4n) is 3.04. The van der Waals surface area contributed by atoms with Gasteiger partial charge >= 0.3 is 6.03 Å². The number of nitrogens with one attached hydrogen (secondary N) is 2. The van der Waals surface area contributed by atoms with Gasteiger partial charge in [-0.15, -0.1) is 11.3 Å². The first-order chi connectivity index (χ1) is 13.5. The van der Waals surface area contributed by atoms with Crippen LogP contribution in [0.25, 0.3) is 0 Å². The number of rotatable bonds is 5. The number of nitrogens with zero attached hydrogens (tertiary/aromatic N) is 2. The first kappa shape index (κ1) is 20.1. The Labute approximate surface area is 169 Å². The van der Waals surface area contributed by atoms with Crippen molar-refractivity contribution >= 4 is 23.3 Å². The van der Waals surface area contributed by atoms with Crippen LogP contribution >= 0.6 is 11.3 Å². The van der Waals surface area contributed by atoms with Crippen LogP contribution in [0.1, 0.15) is 39.8 Å². The molecule has 0 fully saturated rings. The zero-order valence-corrected chi connectivity index (χ0v) is 17.3. The lowest BCUT2D eigenvalue weighted by molar-refractivity contribution is 0.0950. The van der Waals surface area contributed by atoms with Gasteiger partial charge in [-0.25, -0.2) is 9.78 Å². The standard InChI is InChI=1S/C20H26N4O3S/c1-13(2)22-20(26)24-9-7-16-17(8-10-24)28-19(23-16)18(25)21-12-14-5-4-6-15(11-14)27-3/h4-6,11,13H,7-10,12H2,1-3H3,(H,21,25)(H,22,26). The Bertz CT molecular complexity index is 824. The summed E-state index contributed by atoms with van der Waals surface area (Å²) in [4.78, 5) is 32.1. The van der Waals surface area contributed by atoms with Gasteiger partial charge in [0.2, 0.25) is 0 Å². The fourth-order valence-corrected chi connectivity index (χ4v) is 4.05. The van der Waals surface area contributed by atoms with E-state index in [4.69, 9.17) is 4.74 Å². The third-order valence-corrected chi connectivity index (χ3v) is 5.64. The minimum atomic E-state index is -0.171. The zero-order valence-electron chi connectivity index (χ0n) is 16.4. The van der Waals surface area contributed by atoms with Crippen molar-refractivity contribution in [3.8, 4) is 5.75 Å². The second-order valence-electron chi connectivity index (χ2n) is 7.01. The minimum absolute atomic E-state index is 0.0404. The quantitative estimate of drug-likeness (QED) is 0.805. The Morgan fingerprint density at radius 2 is 2.07 bits per heavy atom. The van der Waals surface area contributed by atoms with Gasteiger partial charge in [-0.1, -0.05) is 12.1 Å². The fraction of sp³-hybridized carbons (Fsp3) is 0.450. The van der Waals surface area contributed by atoms with Gasteiger partial charge in [0, 0.05) is 43.4 Å². The molecule has 0 saturated heterocycles. The van der Waals surface area contributed by atoms with E-state index >= 15 is 0 Å². The maximum Gasteiger partial charge on any atom is 0.317 e. The van der Waals surface area contributed by atoms with Crippen LogP contribution in [0.2, 0.25) is 0 Å². The normalized spacial score (nSPS) is 13.6. The molecule has 0 atom stereocenters. The summed E-state index contributed by atoms with van der Waals surface area (Å²) in [6.07, 6.45) is 1.39. The molecule has 1 aromatic carbocycles. The number of urea groups is 1. The van der Waals surface area contributed by atoms with E-state index in [9.17, 15) is 9.59 Å². The Balaban J connectivity index is 1.58. The molecule has 3 rings (SSSR count). The SMILES string of the molecule is COc1cccc(CNC(=O)c2nc3c(s2)CCN(C(=O)NC(C)C)CC3)c1. The average molecular weight is 403 g/mol. The van der Waals surface area contributed by atoms with Crippen molar-refractivity contribution in [3.63, 3.8) is 0 Å². The molecule has 0 saturated carbocycles. The molecule has 1 aliphatic rings. The summed E-state index contributed by atoms with van der Waals surface area (Å²) in [6, 6.07) is 7.68. The molecule has 7 nitrogen and oxygen atoms in total. The van der Waals surface area contributed by atoms with E-state index in [1.165, 1.54) is 11.3 Å². The predicted molar refractivity (Wildman–Crippen MR) is 109 cm³/mol. The Morgan fingerprint density at radius 1 is 1.29 bits per heavy atom. The lowest BCUT2D eigenvalue weighted by Gasteiger charge is -2.22. The number of amides is 3. The molecule has 0 radical (unpaired) electrons. The van der Waals surface area contributed by atoms with Crippen molar-refractivity contribution in [3.05, 3.63) is 45.4 Å². The second kappa shape index (κ2) is 9.05. The van der Waals surface area contributed by atoms with Crippen LogP contribution in [-0.4, -0.2) is 48.1 Å². The van der Waals surface area contributed by atoms with E-state index in [1.54, 1.807) is 7.11 Å². The summed E-state index contributed by atoms with van der Waals surface area (Å²) in [5, 5.41) is 6.32. The number of ether oxygens (including phenoxy) is 1. The number of methoxy groups -OCH3 is 1. The number of carbonyl (C=O) groups excluding carboxylic acids is 2. The number of fused-ring (bicyclic) bond motifs is 1. The Morgan fingerprint density at radius 3 is 2.82 bits per heavy atom. The highest BCUT2D eigenvalue weighted by Crippen LogP contribution is 2.23. The molecule has 1 aliphatic heterocycles. The average Bonchev–Trinajstić information content (AvgIpc) is 2.98. The molecule has 0 unspecified atom stereocenters. The first-order valence-electron chi connectivity index (χ1n) is 9.41. The largest absolute Gasteiger partial charge is 0.497 e. The number of hydrogen-bond donors (Lipinski definition) is 2. The summed E-state index contributed by atoms with van der Waals surface area (Å²) >= 11 is 1.42. The van der Waals surface area contributed by atoms with E-state index in [-0.39, 0.29) is 18.0 Å². The van der Waals surface area contributed by atoms with E-state index in [1.807, 2.05) is 43.0 Å². The van der Waals surface area contributed by atoms with Crippen molar-refractivity contribution in [2.24, 2.45) is 0 Å². The molecular weight excluding hydrogens is 376 g/mol. The molecule has 2 aromatic rings. The van der Waals surface area contributed by atoms with Crippen LogP contribution in [0.3, 0.4) is 0 Å². The van der Waals surface area contributed by atoms with Crippen molar-refractivity contribution < 1.29 is 14.3 Å². The van der Waals surface area contributed by atoms with E-state index in [0.717, 1.165) is 28.3 Å². The van der Waals surface area contributed by atoms with Crippen molar-refractivity contribution in [2.45, 2.75) is 39.3 Å². The van der Waals surface area contributed by atoms with Gasteiger partial charge in [0.1, 0.15) is 5.75 Å². The number of thiazole rings is 1. The van der Waals surface area contributed by atoms with Gasteiger partial charge in [0.15, 0.2) is 5.01 Å². The van der Waals surface area contributed by atoms with Crippen LogP contribution in [0.15, 0.2) is 24.3 Å². The van der Waals surface area contributed by atoms with Crippen molar-refractivity contribution in [2.75, 3.05) is 20.2 Å². The Kier molecular flexibility index (Phi) is 6.51. The third kappa shape index (κ3) is 5.01. The minimum Gasteiger partial charge on any atom is -0.497 e. The summed E-state index contributed by atoms with van der Waals surface area (Å²) in [6.45, 7) is 5.57. The summed E-state index contributed by atoms with van der Waals surface area (Å²) < 4.78 is 5.20. The number of benzene rings is 1. The van der Waals surface area contributed by atoms with Crippen LogP contribution < -0.4 is 15.4 Å². The molecule has 2 heterocycles. The monoisotopic (exact) mass is 402 g/mol. The van der Waals surface area contributed by atoms with Gasteiger partial charge in [-0.05, 0) is 31.5 Å². The van der Waals surface area contributed by atoms with Crippen LogP contribution in [0, 0.1) is 0 Å². The van der Waals surface area contributed by atoms with Gasteiger partial charge in [0.25, 0.3) is 5.91 Å². The lowest BCUT2D eigenvalue weighted by Crippen LogP contribution is -2.44. The number of aromatic nitrogens is 1.